The smallest absolute Gasteiger partial charge is 0.249 e. The molecule has 0 radical (unpaired) electrons. The highest BCUT2D eigenvalue weighted by atomic mass is 16.2. The number of rotatable bonds is 5. The Kier molecular flexibility index (Phi) is 4.41. The molecule has 18 heavy (non-hydrogen) atoms. The molecule has 1 rings (SSSR count). The monoisotopic (exact) mass is 254 g/mol. The third kappa shape index (κ3) is 1.82. The molecular weight excluding hydrogens is 228 g/mol. The molecule has 0 spiro atoms. The molecular formula is C14H26N2O2. The van der Waals surface area contributed by atoms with Gasteiger partial charge in [-0.05, 0) is 32.6 Å². The third-order valence-electron chi connectivity index (χ3n) is 4.64. The summed E-state index contributed by atoms with van der Waals surface area (Å²) in [4.78, 5) is 27.0. The van der Waals surface area contributed by atoms with E-state index < -0.39 is 11.1 Å². The van der Waals surface area contributed by atoms with E-state index in [0.717, 1.165) is 0 Å². The number of amides is 2. The van der Waals surface area contributed by atoms with Gasteiger partial charge in [-0.3, -0.25) is 9.59 Å². The summed E-state index contributed by atoms with van der Waals surface area (Å²) in [7, 11) is 0. The summed E-state index contributed by atoms with van der Waals surface area (Å²) < 4.78 is 0. The minimum atomic E-state index is -0.694. The lowest BCUT2D eigenvalue weighted by Crippen LogP contribution is -2.75. The van der Waals surface area contributed by atoms with E-state index in [9.17, 15) is 9.59 Å². The second-order valence-corrected chi connectivity index (χ2v) is 5.03. The van der Waals surface area contributed by atoms with Gasteiger partial charge >= 0.3 is 0 Å². The van der Waals surface area contributed by atoms with Crippen LogP contribution in [0.15, 0.2) is 0 Å². The molecule has 0 unspecified atom stereocenters. The molecule has 0 aromatic carbocycles. The topological polar surface area (TPSA) is 49.4 Å². The van der Waals surface area contributed by atoms with Gasteiger partial charge in [-0.15, -0.1) is 0 Å². The van der Waals surface area contributed by atoms with Crippen molar-refractivity contribution >= 4 is 11.8 Å². The van der Waals surface area contributed by atoms with Gasteiger partial charge in [-0.25, -0.2) is 0 Å². The average Bonchev–Trinajstić information content (AvgIpc) is 2.40. The average molecular weight is 254 g/mol. The molecule has 1 saturated heterocycles. The van der Waals surface area contributed by atoms with Crippen molar-refractivity contribution in [2.45, 2.75) is 71.4 Å². The van der Waals surface area contributed by atoms with Gasteiger partial charge in [0.1, 0.15) is 11.1 Å². The fraction of sp³-hybridized carbons (Fsp3) is 0.857. The Balaban J connectivity index is 3.27. The van der Waals surface area contributed by atoms with Crippen molar-refractivity contribution in [2.75, 3.05) is 6.54 Å². The minimum Gasteiger partial charge on any atom is -0.340 e. The number of nitrogens with zero attached hydrogens (tertiary/aromatic N) is 1. The van der Waals surface area contributed by atoms with Crippen molar-refractivity contribution < 1.29 is 9.59 Å². The Labute approximate surface area is 110 Å². The molecule has 1 N–H and O–H groups in total. The first-order valence-corrected chi connectivity index (χ1v) is 7.12. The first-order valence-electron chi connectivity index (χ1n) is 7.12. The van der Waals surface area contributed by atoms with Crippen molar-refractivity contribution in [1.29, 1.82) is 0 Å². The number of hydrogen-bond acceptors (Lipinski definition) is 2. The fourth-order valence-electron chi connectivity index (χ4n) is 3.09. The number of carbonyl (C=O) groups is 2. The number of likely N-dealkylation sites (N-methyl/N-ethyl adjacent to an activating group) is 1. The van der Waals surface area contributed by atoms with Crippen molar-refractivity contribution in [2.24, 2.45) is 0 Å². The summed E-state index contributed by atoms with van der Waals surface area (Å²) in [5, 5.41) is 3.01. The van der Waals surface area contributed by atoms with Crippen LogP contribution in [-0.2, 0) is 9.59 Å². The maximum absolute atomic E-state index is 12.7. The van der Waals surface area contributed by atoms with Crippen LogP contribution < -0.4 is 5.32 Å². The maximum Gasteiger partial charge on any atom is 0.249 e. The van der Waals surface area contributed by atoms with Crippen LogP contribution in [0.1, 0.15) is 60.3 Å². The second kappa shape index (κ2) is 5.29. The fourth-order valence-corrected chi connectivity index (χ4v) is 3.09. The summed E-state index contributed by atoms with van der Waals surface area (Å²) in [6, 6.07) is 0. The Morgan fingerprint density at radius 2 is 1.44 bits per heavy atom. The zero-order valence-corrected chi connectivity index (χ0v) is 12.3. The first-order chi connectivity index (χ1) is 8.47. The van der Waals surface area contributed by atoms with Gasteiger partial charge < -0.3 is 10.2 Å². The molecule has 1 aliphatic heterocycles. The number of nitrogens with one attached hydrogen (secondary N) is 1. The quantitative estimate of drug-likeness (QED) is 0.816. The van der Waals surface area contributed by atoms with Crippen LogP contribution in [0.3, 0.4) is 0 Å². The summed E-state index contributed by atoms with van der Waals surface area (Å²) in [5.74, 6) is 0.0935. The predicted octanol–water partition coefficient (Wildman–Crippen LogP) is 2.08. The summed E-state index contributed by atoms with van der Waals surface area (Å²) in [5.41, 5.74) is -1.35. The maximum atomic E-state index is 12.7. The van der Waals surface area contributed by atoms with Crippen molar-refractivity contribution in [1.82, 2.24) is 10.2 Å². The second-order valence-electron chi connectivity index (χ2n) is 5.03. The Morgan fingerprint density at radius 3 is 1.78 bits per heavy atom. The van der Waals surface area contributed by atoms with Crippen LogP contribution in [0, 0.1) is 0 Å². The molecule has 4 nitrogen and oxygen atoms in total. The first kappa shape index (κ1) is 15.0. The van der Waals surface area contributed by atoms with Crippen LogP contribution in [0.25, 0.3) is 0 Å². The summed E-state index contributed by atoms with van der Waals surface area (Å²) in [6.45, 7) is 10.4. The molecule has 1 heterocycles. The number of piperazine rings is 1. The molecule has 0 aromatic heterocycles. The highest BCUT2D eigenvalue weighted by Crippen LogP contribution is 2.34. The van der Waals surface area contributed by atoms with Gasteiger partial charge in [0, 0.05) is 6.54 Å². The van der Waals surface area contributed by atoms with E-state index in [1.807, 2.05) is 34.6 Å². The summed E-state index contributed by atoms with van der Waals surface area (Å²) in [6.07, 6.45) is 2.62. The Bertz CT molecular complexity index is 331. The molecule has 0 aliphatic carbocycles. The van der Waals surface area contributed by atoms with Crippen LogP contribution >= 0.6 is 0 Å². The van der Waals surface area contributed by atoms with Gasteiger partial charge in [0.2, 0.25) is 11.8 Å². The largest absolute Gasteiger partial charge is 0.340 e. The molecule has 0 saturated carbocycles. The lowest BCUT2D eigenvalue weighted by Gasteiger charge is -2.51. The van der Waals surface area contributed by atoms with Crippen LogP contribution in [0.2, 0.25) is 0 Å². The SMILES string of the molecule is CCN1C(=O)C(CC)(CC)NC(=O)C1(CC)CC. The van der Waals surface area contributed by atoms with Crippen molar-refractivity contribution in [3.8, 4) is 0 Å². The molecule has 0 atom stereocenters. The lowest BCUT2D eigenvalue weighted by atomic mass is 9.79. The highest BCUT2D eigenvalue weighted by Gasteiger charge is 2.54. The summed E-state index contributed by atoms with van der Waals surface area (Å²) >= 11 is 0. The number of hydrogen-bond donors (Lipinski definition) is 1. The van der Waals surface area contributed by atoms with E-state index in [1.54, 1.807) is 4.90 Å². The molecule has 0 aromatic rings. The van der Waals surface area contributed by atoms with E-state index in [2.05, 4.69) is 5.32 Å². The zero-order chi connectivity index (χ0) is 14.0. The standard InChI is InChI=1S/C14H26N2O2/c1-6-13(7-2)12(18)16(10-5)14(8-3,9-4)11(17)15-13/h6-10H2,1-5H3,(H,15,17). The lowest BCUT2D eigenvalue weighted by molar-refractivity contribution is -0.164. The molecule has 4 heteroatoms. The Morgan fingerprint density at radius 1 is 0.944 bits per heavy atom. The van der Waals surface area contributed by atoms with Gasteiger partial charge in [0.25, 0.3) is 0 Å². The molecule has 2 amide bonds. The van der Waals surface area contributed by atoms with Crippen LogP contribution in [-0.4, -0.2) is 34.3 Å². The third-order valence-corrected chi connectivity index (χ3v) is 4.64. The van der Waals surface area contributed by atoms with E-state index >= 15 is 0 Å². The van der Waals surface area contributed by atoms with E-state index in [1.165, 1.54) is 0 Å². The van der Waals surface area contributed by atoms with Gasteiger partial charge in [-0.2, -0.15) is 0 Å². The normalized spacial score (nSPS) is 21.9. The van der Waals surface area contributed by atoms with Crippen molar-refractivity contribution in [3.63, 3.8) is 0 Å². The van der Waals surface area contributed by atoms with E-state index in [-0.39, 0.29) is 11.8 Å². The molecule has 0 bridgehead atoms. The molecule has 1 fully saturated rings. The van der Waals surface area contributed by atoms with E-state index in [4.69, 9.17) is 0 Å². The van der Waals surface area contributed by atoms with E-state index in [0.29, 0.717) is 32.2 Å². The number of carbonyl (C=O) groups excluding carboxylic acids is 2. The zero-order valence-electron chi connectivity index (χ0n) is 12.3. The van der Waals surface area contributed by atoms with Crippen LogP contribution in [0.5, 0.6) is 0 Å². The van der Waals surface area contributed by atoms with Crippen molar-refractivity contribution in [3.05, 3.63) is 0 Å². The highest BCUT2D eigenvalue weighted by molar-refractivity contribution is 6.02. The predicted molar refractivity (Wildman–Crippen MR) is 72.2 cm³/mol. The molecule has 1 aliphatic rings. The van der Waals surface area contributed by atoms with Gasteiger partial charge in [-0.1, -0.05) is 27.7 Å². The Hall–Kier alpha value is -1.06. The van der Waals surface area contributed by atoms with Crippen LogP contribution in [0.4, 0.5) is 0 Å². The minimum absolute atomic E-state index is 0.0117. The molecule has 104 valence electrons. The van der Waals surface area contributed by atoms with Gasteiger partial charge in [0.15, 0.2) is 0 Å². The van der Waals surface area contributed by atoms with Gasteiger partial charge in [0.05, 0.1) is 0 Å².